The largest absolute Gasteiger partial charge is 0.382 e. The second kappa shape index (κ2) is 7.19. The first-order valence-electron chi connectivity index (χ1n) is 9.01. The number of fused-ring (bicyclic) bond motifs is 1. The minimum Gasteiger partial charge on any atom is -0.382 e. The Morgan fingerprint density at radius 1 is 1.11 bits per heavy atom. The number of anilines is 1. The first kappa shape index (κ1) is 18.3. The molecule has 7 heteroatoms. The van der Waals surface area contributed by atoms with Crippen LogP contribution in [0.3, 0.4) is 0 Å². The smallest absolute Gasteiger partial charge is 0.221 e. The lowest BCUT2D eigenvalue weighted by Crippen LogP contribution is -2.36. The number of nitrogens with zero attached hydrogens (tertiary/aromatic N) is 1. The van der Waals surface area contributed by atoms with Gasteiger partial charge in [-0.25, -0.2) is 8.42 Å². The number of aromatic nitrogens is 1. The van der Waals surface area contributed by atoms with Crippen molar-refractivity contribution in [1.82, 2.24) is 9.88 Å². The Kier molecular flexibility index (Phi) is 4.88. The quantitative estimate of drug-likeness (QED) is 0.686. The lowest BCUT2D eigenvalue weighted by molar-refractivity contribution is 0.264. The van der Waals surface area contributed by atoms with Crippen molar-refractivity contribution in [2.75, 3.05) is 25.5 Å². The van der Waals surface area contributed by atoms with Crippen molar-refractivity contribution < 1.29 is 8.42 Å². The predicted octanol–water partition coefficient (Wildman–Crippen LogP) is 4.16. The molecule has 5 nitrogen and oxygen atoms in total. The molecule has 0 spiro atoms. The van der Waals surface area contributed by atoms with Crippen molar-refractivity contribution in [3.8, 4) is 0 Å². The number of hydrogen-bond acceptors (Lipinski definition) is 4. The first-order chi connectivity index (χ1) is 12.9. The van der Waals surface area contributed by atoms with Crippen LogP contribution in [0.5, 0.6) is 0 Å². The molecular formula is C20H22ClN3O2S. The minimum atomic E-state index is -3.65. The van der Waals surface area contributed by atoms with Crippen LogP contribution in [0.4, 0.5) is 5.69 Å². The maximum absolute atomic E-state index is 13.1. The van der Waals surface area contributed by atoms with Crippen molar-refractivity contribution in [1.29, 1.82) is 0 Å². The Morgan fingerprint density at radius 3 is 2.59 bits per heavy atom. The van der Waals surface area contributed by atoms with E-state index in [2.05, 4.69) is 22.2 Å². The van der Waals surface area contributed by atoms with E-state index in [0.29, 0.717) is 22.0 Å². The highest BCUT2D eigenvalue weighted by atomic mass is 35.5. The van der Waals surface area contributed by atoms with Crippen molar-refractivity contribution in [2.45, 2.75) is 28.8 Å². The predicted molar refractivity (Wildman–Crippen MR) is 109 cm³/mol. The number of hydrogen-bond donors (Lipinski definition) is 2. The van der Waals surface area contributed by atoms with Gasteiger partial charge < -0.3 is 15.2 Å². The van der Waals surface area contributed by atoms with E-state index in [1.54, 1.807) is 36.4 Å². The summed E-state index contributed by atoms with van der Waals surface area (Å²) in [6.07, 6.45) is 2.10. The van der Waals surface area contributed by atoms with E-state index in [1.807, 2.05) is 12.1 Å². The number of H-pyrrole nitrogens is 1. The fraction of sp³-hybridized carbons (Fsp3) is 0.300. The molecular weight excluding hydrogens is 382 g/mol. The molecule has 1 aliphatic rings. The topological polar surface area (TPSA) is 65.2 Å². The molecule has 1 aromatic heterocycles. The van der Waals surface area contributed by atoms with Crippen LogP contribution < -0.4 is 5.32 Å². The molecule has 0 unspecified atom stereocenters. The third kappa shape index (κ3) is 3.70. The summed E-state index contributed by atoms with van der Waals surface area (Å²) < 4.78 is 26.2. The second-order valence-corrected chi connectivity index (χ2v) is 9.41. The molecule has 1 saturated heterocycles. The lowest BCUT2D eigenvalue weighted by Gasteiger charge is -2.30. The number of benzene rings is 2. The number of likely N-dealkylation sites (tertiary alicyclic amines) is 1. The third-order valence-electron chi connectivity index (χ3n) is 5.11. The van der Waals surface area contributed by atoms with Crippen LogP contribution in [-0.4, -0.2) is 44.5 Å². The number of aromatic amines is 1. The van der Waals surface area contributed by atoms with E-state index in [9.17, 15) is 8.42 Å². The van der Waals surface area contributed by atoms with Crippen molar-refractivity contribution in [3.63, 3.8) is 0 Å². The van der Waals surface area contributed by atoms with Gasteiger partial charge in [0.2, 0.25) is 9.84 Å². The highest BCUT2D eigenvalue weighted by Crippen LogP contribution is 2.30. The Morgan fingerprint density at radius 2 is 1.85 bits per heavy atom. The van der Waals surface area contributed by atoms with Crippen LogP contribution in [0.15, 0.2) is 58.5 Å². The summed E-state index contributed by atoms with van der Waals surface area (Å²) in [5.41, 5.74) is 1.54. The number of piperidine rings is 1. The number of rotatable bonds is 4. The molecule has 0 atom stereocenters. The molecule has 27 heavy (non-hydrogen) atoms. The van der Waals surface area contributed by atoms with Gasteiger partial charge in [-0.1, -0.05) is 23.7 Å². The second-order valence-electron chi connectivity index (χ2n) is 7.09. The summed E-state index contributed by atoms with van der Waals surface area (Å²) in [7, 11) is -1.53. The van der Waals surface area contributed by atoms with Gasteiger partial charge in [0.05, 0.1) is 4.90 Å². The van der Waals surface area contributed by atoms with Gasteiger partial charge in [-0.05, 0) is 69.4 Å². The molecule has 1 fully saturated rings. The molecule has 0 saturated carbocycles. The van der Waals surface area contributed by atoms with Gasteiger partial charge in [0.1, 0.15) is 5.03 Å². The molecule has 2 heterocycles. The van der Waals surface area contributed by atoms with Gasteiger partial charge >= 0.3 is 0 Å². The van der Waals surface area contributed by atoms with Crippen molar-refractivity contribution >= 4 is 38.0 Å². The molecule has 142 valence electrons. The van der Waals surface area contributed by atoms with E-state index >= 15 is 0 Å². The van der Waals surface area contributed by atoms with Gasteiger partial charge in [0, 0.05) is 27.7 Å². The van der Waals surface area contributed by atoms with Crippen LogP contribution in [0.1, 0.15) is 12.8 Å². The lowest BCUT2D eigenvalue weighted by atomic mass is 10.1. The standard InChI is InChI=1S/C20H22ClN3O2S/c1-24-10-8-14(9-11-24)22-15-4-2-5-16(12-15)27(25,26)20-13-17-18(21)6-3-7-19(17)23-20/h2-7,12-14,22-23H,8-11H2,1H3. The monoisotopic (exact) mass is 403 g/mol. The maximum atomic E-state index is 13.1. The van der Waals surface area contributed by atoms with Gasteiger partial charge in [0.25, 0.3) is 0 Å². The third-order valence-corrected chi connectivity index (χ3v) is 7.11. The van der Waals surface area contributed by atoms with E-state index < -0.39 is 9.84 Å². The van der Waals surface area contributed by atoms with Crippen LogP contribution in [0.2, 0.25) is 5.02 Å². The van der Waals surface area contributed by atoms with Gasteiger partial charge in [0.15, 0.2) is 0 Å². The summed E-state index contributed by atoms with van der Waals surface area (Å²) >= 11 is 6.18. The van der Waals surface area contributed by atoms with Crippen LogP contribution >= 0.6 is 11.6 Å². The number of sulfone groups is 1. The van der Waals surface area contributed by atoms with Crippen molar-refractivity contribution in [2.24, 2.45) is 0 Å². The SMILES string of the molecule is CN1CCC(Nc2cccc(S(=O)(=O)c3cc4c(Cl)cccc4[nH]3)c2)CC1. The summed E-state index contributed by atoms with van der Waals surface area (Å²) in [6.45, 7) is 2.09. The molecule has 0 amide bonds. The highest BCUT2D eigenvalue weighted by Gasteiger charge is 2.22. The average Bonchev–Trinajstić information content (AvgIpc) is 3.11. The van der Waals surface area contributed by atoms with Crippen LogP contribution in [0.25, 0.3) is 10.9 Å². The van der Waals surface area contributed by atoms with Gasteiger partial charge in [-0.15, -0.1) is 0 Å². The highest BCUT2D eigenvalue weighted by molar-refractivity contribution is 7.91. The fourth-order valence-electron chi connectivity index (χ4n) is 3.51. The Balaban J connectivity index is 1.62. The summed E-state index contributed by atoms with van der Waals surface area (Å²) in [4.78, 5) is 5.55. The normalized spacial score (nSPS) is 16.7. The summed E-state index contributed by atoms with van der Waals surface area (Å²) in [5.74, 6) is 0. The zero-order valence-corrected chi connectivity index (χ0v) is 16.6. The van der Waals surface area contributed by atoms with E-state index in [0.717, 1.165) is 31.6 Å². The zero-order chi connectivity index (χ0) is 19.0. The summed E-state index contributed by atoms with van der Waals surface area (Å²) in [6, 6.07) is 14.4. The molecule has 0 bridgehead atoms. The van der Waals surface area contributed by atoms with E-state index in [4.69, 9.17) is 11.6 Å². The molecule has 3 aromatic rings. The summed E-state index contributed by atoms with van der Waals surface area (Å²) in [5, 5.41) is 4.87. The molecule has 2 aromatic carbocycles. The van der Waals surface area contributed by atoms with Crippen LogP contribution in [-0.2, 0) is 9.84 Å². The van der Waals surface area contributed by atoms with Gasteiger partial charge in [-0.3, -0.25) is 0 Å². The average molecular weight is 404 g/mol. The molecule has 0 aliphatic carbocycles. The number of halogens is 1. The Labute approximate surface area is 164 Å². The molecule has 2 N–H and O–H groups in total. The Bertz CT molecular complexity index is 1070. The number of nitrogens with one attached hydrogen (secondary N) is 2. The van der Waals surface area contributed by atoms with E-state index in [-0.39, 0.29) is 9.92 Å². The molecule has 4 rings (SSSR count). The molecule has 1 aliphatic heterocycles. The van der Waals surface area contributed by atoms with E-state index in [1.165, 1.54) is 0 Å². The fourth-order valence-corrected chi connectivity index (χ4v) is 5.05. The zero-order valence-electron chi connectivity index (χ0n) is 15.1. The Hall–Kier alpha value is -2.02. The first-order valence-corrected chi connectivity index (χ1v) is 10.9. The van der Waals surface area contributed by atoms with Crippen molar-refractivity contribution in [3.05, 3.63) is 53.6 Å². The van der Waals surface area contributed by atoms with Crippen LogP contribution in [0, 0.1) is 0 Å². The minimum absolute atomic E-state index is 0.155. The van der Waals surface area contributed by atoms with Gasteiger partial charge in [-0.2, -0.15) is 0 Å². The maximum Gasteiger partial charge on any atom is 0.221 e. The molecule has 0 radical (unpaired) electrons.